The van der Waals surface area contributed by atoms with Crippen molar-refractivity contribution in [3.63, 3.8) is 0 Å². The van der Waals surface area contributed by atoms with Crippen LogP contribution in [0.25, 0.3) is 0 Å². The van der Waals surface area contributed by atoms with Crippen molar-refractivity contribution in [1.29, 1.82) is 0 Å². The first kappa shape index (κ1) is 16.6. The van der Waals surface area contributed by atoms with Gasteiger partial charge in [-0.3, -0.25) is 0 Å². The summed E-state index contributed by atoms with van der Waals surface area (Å²) in [5.41, 5.74) is 2.99. The minimum Gasteiger partial charge on any atom is -0.165 e. The van der Waals surface area contributed by atoms with Crippen LogP contribution in [0.4, 0.5) is 0 Å². The van der Waals surface area contributed by atoms with Gasteiger partial charge in [0.1, 0.15) is 0 Å². The molecule has 0 saturated heterocycles. The van der Waals surface area contributed by atoms with Crippen molar-refractivity contribution in [2.75, 3.05) is 30.5 Å². The Morgan fingerprint density at radius 2 is 1.19 bits per heavy atom. The molecule has 0 aromatic heterocycles. The monoisotopic (exact) mass is 316 g/mol. The zero-order valence-electron chi connectivity index (χ0n) is 12.9. The van der Waals surface area contributed by atoms with E-state index >= 15 is 0 Å². The highest BCUT2D eigenvalue weighted by Gasteiger charge is 2.08. The molecule has 0 aliphatic heterocycles. The van der Waals surface area contributed by atoms with Crippen LogP contribution in [0.3, 0.4) is 0 Å². The van der Waals surface area contributed by atoms with Crippen molar-refractivity contribution in [3.8, 4) is 0 Å². The fourth-order valence-corrected chi connectivity index (χ4v) is 6.00. The van der Waals surface area contributed by atoms with Crippen molar-refractivity contribution >= 4 is 19.7 Å². The summed E-state index contributed by atoms with van der Waals surface area (Å²) in [5, 5.41) is 0. The summed E-state index contributed by atoms with van der Waals surface area (Å²) in [7, 11) is 0.165. The average Bonchev–Trinajstić information content (AvgIpc) is 2.56. The minimum atomic E-state index is 0.165. The predicted octanol–water partition coefficient (Wildman–Crippen LogP) is 5.32. The third-order valence-electron chi connectivity index (χ3n) is 3.73. The highest BCUT2D eigenvalue weighted by atomic mass is 32.2. The first-order chi connectivity index (χ1) is 10.4. The molecule has 0 unspecified atom stereocenters. The minimum absolute atomic E-state index is 0.165. The first-order valence-corrected chi connectivity index (χ1v) is 11.0. The summed E-state index contributed by atoms with van der Waals surface area (Å²) in [5.74, 6) is 1.31. The summed E-state index contributed by atoms with van der Waals surface area (Å²) in [6, 6.07) is 21.9. The molecule has 0 bridgehead atoms. The molecule has 2 rings (SSSR count). The van der Waals surface area contributed by atoms with E-state index in [2.05, 4.69) is 66.9 Å². The van der Waals surface area contributed by atoms with Crippen LogP contribution in [-0.2, 0) is 12.8 Å². The topological polar surface area (TPSA) is 0 Å². The molecule has 0 aliphatic carbocycles. The molecule has 112 valence electrons. The summed E-state index contributed by atoms with van der Waals surface area (Å²) in [6.07, 6.45) is 8.89. The van der Waals surface area contributed by atoms with Crippen molar-refractivity contribution < 1.29 is 0 Å². The predicted molar refractivity (Wildman–Crippen MR) is 100 cm³/mol. The third kappa shape index (κ3) is 6.68. The van der Waals surface area contributed by atoms with Gasteiger partial charge in [0, 0.05) is 0 Å². The van der Waals surface area contributed by atoms with E-state index in [0.29, 0.717) is 0 Å². The SMILES string of the molecule is CSCCP(CCc1ccccc1)CCc1ccccc1. The standard InChI is InChI=1S/C19H25PS/c1-21-17-16-20(14-12-18-8-4-2-5-9-18)15-13-19-10-6-3-7-11-19/h2-11H,12-17H2,1H3. The summed E-state index contributed by atoms with van der Waals surface area (Å²) < 4.78 is 0. The van der Waals surface area contributed by atoms with Crippen molar-refractivity contribution in [1.82, 2.24) is 0 Å². The molecule has 0 N–H and O–H groups in total. The largest absolute Gasteiger partial charge is 0.165 e. The zero-order chi connectivity index (χ0) is 14.8. The van der Waals surface area contributed by atoms with E-state index in [-0.39, 0.29) is 7.92 Å². The molecule has 0 spiro atoms. The van der Waals surface area contributed by atoms with Crippen molar-refractivity contribution in [2.45, 2.75) is 12.8 Å². The van der Waals surface area contributed by atoms with Crippen molar-refractivity contribution in [2.24, 2.45) is 0 Å². The highest BCUT2D eigenvalue weighted by Crippen LogP contribution is 2.37. The van der Waals surface area contributed by atoms with Crippen LogP contribution in [0.5, 0.6) is 0 Å². The highest BCUT2D eigenvalue weighted by molar-refractivity contribution is 7.98. The second kappa shape index (κ2) is 10.0. The number of aryl methyl sites for hydroxylation is 2. The molecule has 0 amide bonds. The average molecular weight is 316 g/mol. The Morgan fingerprint density at radius 1 is 0.714 bits per heavy atom. The van der Waals surface area contributed by atoms with Gasteiger partial charge in [-0.15, -0.1) is 7.92 Å². The maximum atomic E-state index is 2.26. The molecule has 2 aromatic rings. The smallest absolute Gasteiger partial charge is 0.00309 e. The normalized spacial score (nSPS) is 11.0. The van der Waals surface area contributed by atoms with Crippen LogP contribution in [0.15, 0.2) is 60.7 Å². The first-order valence-electron chi connectivity index (χ1n) is 7.67. The van der Waals surface area contributed by atoms with E-state index in [4.69, 9.17) is 0 Å². The Balaban J connectivity index is 1.82. The molecule has 0 aliphatic rings. The van der Waals surface area contributed by atoms with E-state index in [0.717, 1.165) is 0 Å². The molecular formula is C19H25PS. The van der Waals surface area contributed by atoms with Gasteiger partial charge in [-0.25, -0.2) is 0 Å². The molecule has 0 nitrogen and oxygen atoms in total. The van der Waals surface area contributed by atoms with Crippen LogP contribution < -0.4 is 0 Å². The molecule has 0 saturated carbocycles. The van der Waals surface area contributed by atoms with Gasteiger partial charge in [0.15, 0.2) is 0 Å². The van der Waals surface area contributed by atoms with Crippen LogP contribution in [0, 0.1) is 0 Å². The summed E-state index contributed by atoms with van der Waals surface area (Å²) in [6.45, 7) is 0. The number of hydrogen-bond donors (Lipinski definition) is 0. The molecule has 0 heterocycles. The molecule has 0 radical (unpaired) electrons. The number of thioether (sulfide) groups is 1. The van der Waals surface area contributed by atoms with Gasteiger partial charge in [-0.2, -0.15) is 11.8 Å². The Bertz CT molecular complexity index is 440. The maximum Gasteiger partial charge on any atom is -0.00309 e. The molecule has 0 atom stereocenters. The number of rotatable bonds is 9. The summed E-state index contributed by atoms with van der Waals surface area (Å²) in [4.78, 5) is 0. The van der Waals surface area contributed by atoms with Gasteiger partial charge in [-0.05, 0) is 54.5 Å². The lowest BCUT2D eigenvalue weighted by atomic mass is 10.2. The van der Waals surface area contributed by atoms with Crippen LogP contribution in [0.1, 0.15) is 11.1 Å². The van der Waals surface area contributed by atoms with Gasteiger partial charge in [0.25, 0.3) is 0 Å². The van der Waals surface area contributed by atoms with E-state index in [1.54, 1.807) is 0 Å². The van der Waals surface area contributed by atoms with Gasteiger partial charge in [0.2, 0.25) is 0 Å². The van der Waals surface area contributed by atoms with E-state index in [9.17, 15) is 0 Å². The fraction of sp³-hybridized carbons (Fsp3) is 0.368. The number of benzene rings is 2. The van der Waals surface area contributed by atoms with Crippen LogP contribution >= 0.6 is 19.7 Å². The number of hydrogen-bond acceptors (Lipinski definition) is 1. The van der Waals surface area contributed by atoms with Gasteiger partial charge < -0.3 is 0 Å². The van der Waals surface area contributed by atoms with Gasteiger partial charge in [0.05, 0.1) is 0 Å². The lowest BCUT2D eigenvalue weighted by molar-refractivity contribution is 1.10. The molecular weight excluding hydrogens is 291 g/mol. The molecule has 0 fully saturated rings. The fourth-order valence-electron chi connectivity index (χ4n) is 2.42. The Hall–Kier alpha value is -0.780. The van der Waals surface area contributed by atoms with E-state index in [1.165, 1.54) is 48.2 Å². The lowest BCUT2D eigenvalue weighted by Crippen LogP contribution is -2.02. The second-order valence-electron chi connectivity index (χ2n) is 5.31. The van der Waals surface area contributed by atoms with Gasteiger partial charge in [-0.1, -0.05) is 60.7 Å². The second-order valence-corrected chi connectivity index (χ2v) is 8.97. The quantitative estimate of drug-likeness (QED) is 0.564. The molecule has 21 heavy (non-hydrogen) atoms. The molecule has 2 aromatic carbocycles. The molecule has 2 heteroatoms. The third-order valence-corrected chi connectivity index (χ3v) is 7.21. The van der Waals surface area contributed by atoms with Crippen molar-refractivity contribution in [3.05, 3.63) is 71.8 Å². The van der Waals surface area contributed by atoms with E-state index < -0.39 is 0 Å². The van der Waals surface area contributed by atoms with E-state index in [1.807, 2.05) is 11.8 Å². The Kier molecular flexibility index (Phi) is 7.92. The van der Waals surface area contributed by atoms with Crippen LogP contribution in [0.2, 0.25) is 0 Å². The van der Waals surface area contributed by atoms with Gasteiger partial charge >= 0.3 is 0 Å². The Morgan fingerprint density at radius 3 is 1.62 bits per heavy atom. The Labute approximate surface area is 135 Å². The maximum absolute atomic E-state index is 2.26. The lowest BCUT2D eigenvalue weighted by Gasteiger charge is -2.17. The summed E-state index contributed by atoms with van der Waals surface area (Å²) >= 11 is 1.99. The van der Waals surface area contributed by atoms with Crippen LogP contribution in [-0.4, -0.2) is 30.5 Å². The zero-order valence-corrected chi connectivity index (χ0v) is 14.6.